The second kappa shape index (κ2) is 10.8. The molecule has 0 aliphatic carbocycles. The Morgan fingerprint density at radius 3 is 2.58 bits per heavy atom. The van der Waals surface area contributed by atoms with Crippen LogP contribution in [-0.2, 0) is 6.42 Å². The van der Waals surface area contributed by atoms with E-state index in [2.05, 4.69) is 25.9 Å². The van der Waals surface area contributed by atoms with Gasteiger partial charge in [-0.1, -0.05) is 12.1 Å². The number of benzene rings is 1. The summed E-state index contributed by atoms with van der Waals surface area (Å²) in [6, 6.07) is 9.88. The van der Waals surface area contributed by atoms with Crippen LogP contribution >= 0.6 is 0 Å². The molecule has 7 heteroatoms. The number of carbonyl (C=O) groups is 1. The predicted octanol–water partition coefficient (Wildman–Crippen LogP) is 1.75. The lowest BCUT2D eigenvalue weighted by Crippen LogP contribution is -2.41. The summed E-state index contributed by atoms with van der Waals surface area (Å²) in [5.74, 6) is 0.295. The molecule has 0 atom stereocenters. The molecule has 26 heavy (non-hydrogen) atoms. The van der Waals surface area contributed by atoms with Gasteiger partial charge in [0.1, 0.15) is 5.82 Å². The van der Waals surface area contributed by atoms with Gasteiger partial charge in [-0.2, -0.15) is 0 Å². The number of amides is 1. The maximum absolute atomic E-state index is 12.9. The summed E-state index contributed by atoms with van der Waals surface area (Å²) < 4.78 is 12.9. The normalized spacial score (nSPS) is 11.1. The van der Waals surface area contributed by atoms with E-state index in [9.17, 15) is 9.18 Å². The van der Waals surface area contributed by atoms with Gasteiger partial charge in [-0.25, -0.2) is 4.39 Å². The number of rotatable bonds is 8. The third-order valence-electron chi connectivity index (χ3n) is 3.55. The number of hydrogen-bond donors (Lipinski definition) is 3. The molecule has 0 fully saturated rings. The Hall–Kier alpha value is -2.96. The molecule has 2 rings (SSSR count). The van der Waals surface area contributed by atoms with Crippen molar-refractivity contribution in [2.24, 2.45) is 4.99 Å². The highest BCUT2D eigenvalue weighted by molar-refractivity contribution is 5.93. The van der Waals surface area contributed by atoms with Crippen molar-refractivity contribution in [3.05, 3.63) is 65.7 Å². The fourth-order valence-corrected chi connectivity index (χ4v) is 2.25. The van der Waals surface area contributed by atoms with Crippen LogP contribution in [0.4, 0.5) is 4.39 Å². The van der Waals surface area contributed by atoms with Crippen LogP contribution in [0.15, 0.2) is 53.8 Å². The summed E-state index contributed by atoms with van der Waals surface area (Å²) in [6.45, 7) is 4.33. The van der Waals surface area contributed by atoms with Crippen molar-refractivity contribution in [3.8, 4) is 0 Å². The van der Waals surface area contributed by atoms with Crippen molar-refractivity contribution in [1.29, 1.82) is 0 Å². The first-order chi connectivity index (χ1) is 12.7. The van der Waals surface area contributed by atoms with Gasteiger partial charge >= 0.3 is 0 Å². The smallest absolute Gasteiger partial charge is 0.252 e. The molecule has 1 aromatic heterocycles. The number of carbonyl (C=O) groups excluding carboxylic acids is 1. The van der Waals surface area contributed by atoms with E-state index in [0.29, 0.717) is 31.2 Å². The number of aromatic nitrogens is 1. The summed E-state index contributed by atoms with van der Waals surface area (Å²) in [5, 5.41) is 9.15. The number of guanidine groups is 1. The molecule has 0 saturated heterocycles. The molecule has 1 amide bonds. The average molecular weight is 357 g/mol. The Morgan fingerprint density at radius 1 is 1.12 bits per heavy atom. The molecule has 0 unspecified atom stereocenters. The van der Waals surface area contributed by atoms with Crippen molar-refractivity contribution in [2.45, 2.75) is 13.3 Å². The maximum Gasteiger partial charge on any atom is 0.252 e. The first-order valence-corrected chi connectivity index (χ1v) is 8.64. The fourth-order valence-electron chi connectivity index (χ4n) is 2.25. The molecule has 1 heterocycles. The van der Waals surface area contributed by atoms with E-state index in [-0.39, 0.29) is 11.7 Å². The van der Waals surface area contributed by atoms with E-state index in [1.165, 1.54) is 18.3 Å². The van der Waals surface area contributed by atoms with Gasteiger partial charge in [0.25, 0.3) is 5.91 Å². The minimum atomic E-state index is -0.236. The fraction of sp³-hybridized carbons (Fsp3) is 0.316. The van der Waals surface area contributed by atoms with Crippen molar-refractivity contribution in [3.63, 3.8) is 0 Å². The Morgan fingerprint density at radius 2 is 1.88 bits per heavy atom. The Balaban J connectivity index is 1.73. The number of aliphatic imine (C=N–C) groups is 1. The van der Waals surface area contributed by atoms with Gasteiger partial charge < -0.3 is 16.0 Å². The number of halogens is 1. The zero-order chi connectivity index (χ0) is 18.6. The highest BCUT2D eigenvalue weighted by Gasteiger charge is 2.04. The third-order valence-corrected chi connectivity index (χ3v) is 3.55. The van der Waals surface area contributed by atoms with Gasteiger partial charge in [0.05, 0.1) is 5.56 Å². The summed E-state index contributed by atoms with van der Waals surface area (Å²) in [4.78, 5) is 20.3. The van der Waals surface area contributed by atoms with E-state index in [1.807, 2.05) is 6.92 Å². The lowest BCUT2D eigenvalue weighted by atomic mass is 10.1. The standard InChI is InChI=1S/C19H24FN5O/c1-2-22-19(24-11-9-15-5-7-17(20)8-6-15)25-13-12-23-18(26)16-4-3-10-21-14-16/h3-8,10,14H,2,9,11-13H2,1H3,(H,23,26)(H2,22,24,25). The van der Waals surface area contributed by atoms with Crippen LogP contribution in [0.5, 0.6) is 0 Å². The molecule has 6 nitrogen and oxygen atoms in total. The summed E-state index contributed by atoms with van der Waals surface area (Å²) in [7, 11) is 0. The van der Waals surface area contributed by atoms with Gasteiger partial charge in [0.2, 0.25) is 0 Å². The minimum absolute atomic E-state index is 0.154. The highest BCUT2D eigenvalue weighted by atomic mass is 19.1. The second-order valence-electron chi connectivity index (χ2n) is 5.56. The Bertz CT molecular complexity index is 704. The molecule has 0 saturated carbocycles. The van der Waals surface area contributed by atoms with Crippen LogP contribution < -0.4 is 16.0 Å². The third kappa shape index (κ3) is 6.88. The average Bonchev–Trinajstić information content (AvgIpc) is 2.67. The van der Waals surface area contributed by atoms with Crippen LogP contribution in [0.3, 0.4) is 0 Å². The second-order valence-corrected chi connectivity index (χ2v) is 5.56. The summed E-state index contributed by atoms with van der Waals surface area (Å²) in [5.41, 5.74) is 1.57. The zero-order valence-corrected chi connectivity index (χ0v) is 14.8. The molecule has 0 bridgehead atoms. The number of nitrogens with one attached hydrogen (secondary N) is 3. The summed E-state index contributed by atoms with van der Waals surface area (Å²) in [6.07, 6.45) is 3.89. The van der Waals surface area contributed by atoms with E-state index < -0.39 is 0 Å². The first kappa shape index (κ1) is 19.4. The number of hydrogen-bond acceptors (Lipinski definition) is 3. The quantitative estimate of drug-likeness (QED) is 0.382. The molecule has 2 aromatic rings. The first-order valence-electron chi connectivity index (χ1n) is 8.64. The van der Waals surface area contributed by atoms with E-state index in [4.69, 9.17) is 0 Å². The molecule has 1 aromatic carbocycles. The molecule has 0 radical (unpaired) electrons. The van der Waals surface area contributed by atoms with E-state index in [1.54, 1.807) is 30.5 Å². The van der Waals surface area contributed by atoms with Gasteiger partial charge in [-0.3, -0.25) is 14.8 Å². The van der Waals surface area contributed by atoms with Crippen LogP contribution in [0.1, 0.15) is 22.8 Å². The van der Waals surface area contributed by atoms with Crippen LogP contribution in [0.2, 0.25) is 0 Å². The van der Waals surface area contributed by atoms with Gasteiger partial charge in [-0.05, 0) is 43.2 Å². The SMILES string of the molecule is CCNC(=NCCc1ccc(F)cc1)NCCNC(=O)c1cccnc1. The topological polar surface area (TPSA) is 78.4 Å². The largest absolute Gasteiger partial charge is 0.357 e. The van der Waals surface area contributed by atoms with Gasteiger partial charge in [0, 0.05) is 38.6 Å². The van der Waals surface area contributed by atoms with Crippen molar-refractivity contribution < 1.29 is 9.18 Å². The van der Waals surface area contributed by atoms with Crippen LogP contribution in [0, 0.1) is 5.82 Å². The van der Waals surface area contributed by atoms with Crippen molar-refractivity contribution >= 4 is 11.9 Å². The van der Waals surface area contributed by atoms with Crippen LogP contribution in [0.25, 0.3) is 0 Å². The Kier molecular flexibility index (Phi) is 8.05. The molecule has 0 aliphatic heterocycles. The van der Waals surface area contributed by atoms with Crippen molar-refractivity contribution in [1.82, 2.24) is 20.9 Å². The monoisotopic (exact) mass is 357 g/mol. The number of nitrogens with zero attached hydrogens (tertiary/aromatic N) is 2. The highest BCUT2D eigenvalue weighted by Crippen LogP contribution is 2.03. The number of pyridine rings is 1. The molecular formula is C19H24FN5O. The van der Waals surface area contributed by atoms with E-state index >= 15 is 0 Å². The molecule has 138 valence electrons. The van der Waals surface area contributed by atoms with Crippen LogP contribution in [-0.4, -0.2) is 43.0 Å². The summed E-state index contributed by atoms with van der Waals surface area (Å²) >= 11 is 0. The van der Waals surface area contributed by atoms with E-state index in [0.717, 1.165) is 18.5 Å². The predicted molar refractivity (Wildman–Crippen MR) is 101 cm³/mol. The molecular weight excluding hydrogens is 333 g/mol. The van der Waals surface area contributed by atoms with Gasteiger partial charge in [-0.15, -0.1) is 0 Å². The lowest BCUT2D eigenvalue weighted by Gasteiger charge is -2.12. The molecule has 0 aliphatic rings. The molecule has 0 spiro atoms. The zero-order valence-electron chi connectivity index (χ0n) is 14.8. The maximum atomic E-state index is 12.9. The van der Waals surface area contributed by atoms with Gasteiger partial charge in [0.15, 0.2) is 5.96 Å². The lowest BCUT2D eigenvalue weighted by molar-refractivity contribution is 0.0954. The molecule has 3 N–H and O–H groups in total. The minimum Gasteiger partial charge on any atom is -0.357 e. The Labute approximate surface area is 152 Å². The van der Waals surface area contributed by atoms with Crippen molar-refractivity contribution in [2.75, 3.05) is 26.2 Å².